The minimum Gasteiger partial charge on any atom is -0.329 e. The third kappa shape index (κ3) is 1.59. The van der Waals surface area contributed by atoms with Gasteiger partial charge in [-0.3, -0.25) is 4.90 Å². The van der Waals surface area contributed by atoms with Crippen LogP contribution in [0, 0.1) is 5.92 Å². The van der Waals surface area contributed by atoms with Gasteiger partial charge in [-0.05, 0) is 45.2 Å². The van der Waals surface area contributed by atoms with Crippen molar-refractivity contribution in [2.75, 3.05) is 20.1 Å². The maximum absolute atomic E-state index is 6.05. The van der Waals surface area contributed by atoms with Crippen LogP contribution in [0.5, 0.6) is 0 Å². The molecule has 2 aliphatic rings. The van der Waals surface area contributed by atoms with Crippen molar-refractivity contribution >= 4 is 0 Å². The third-order valence-corrected chi connectivity index (χ3v) is 4.58. The van der Waals surface area contributed by atoms with Crippen LogP contribution in [0.3, 0.4) is 0 Å². The predicted molar refractivity (Wildman–Crippen MR) is 60.2 cm³/mol. The quantitative estimate of drug-likeness (QED) is 0.732. The lowest BCUT2D eigenvalue weighted by Gasteiger charge is -2.44. The standard InChI is InChI=1S/C12H24N2/c1-14-9-5-8-12(14,10-13)11-6-3-2-4-7-11/h11H,2-10,13H2,1H3. The summed E-state index contributed by atoms with van der Waals surface area (Å²) in [5.41, 5.74) is 6.42. The second kappa shape index (κ2) is 4.19. The molecule has 0 spiro atoms. The zero-order chi connectivity index (χ0) is 10.0. The van der Waals surface area contributed by atoms with E-state index in [0.29, 0.717) is 5.54 Å². The van der Waals surface area contributed by atoms with Gasteiger partial charge in [-0.15, -0.1) is 0 Å². The van der Waals surface area contributed by atoms with Crippen LogP contribution in [0.15, 0.2) is 0 Å². The fourth-order valence-electron chi connectivity index (χ4n) is 3.62. The first kappa shape index (κ1) is 10.4. The van der Waals surface area contributed by atoms with Gasteiger partial charge in [0, 0.05) is 12.1 Å². The van der Waals surface area contributed by atoms with E-state index in [0.717, 1.165) is 12.5 Å². The first-order chi connectivity index (χ1) is 6.79. The van der Waals surface area contributed by atoms with E-state index >= 15 is 0 Å². The molecule has 0 radical (unpaired) electrons. The van der Waals surface area contributed by atoms with Crippen molar-refractivity contribution in [3.63, 3.8) is 0 Å². The van der Waals surface area contributed by atoms with E-state index in [1.54, 1.807) is 0 Å². The Morgan fingerprint density at radius 3 is 2.43 bits per heavy atom. The molecule has 0 aromatic carbocycles. The molecule has 1 atom stereocenters. The van der Waals surface area contributed by atoms with E-state index < -0.39 is 0 Å². The largest absolute Gasteiger partial charge is 0.329 e. The minimum absolute atomic E-state index is 0.375. The van der Waals surface area contributed by atoms with Gasteiger partial charge in [0.1, 0.15) is 0 Å². The van der Waals surface area contributed by atoms with E-state index in [1.165, 1.54) is 51.5 Å². The molecule has 0 bridgehead atoms. The van der Waals surface area contributed by atoms with E-state index in [-0.39, 0.29) is 0 Å². The highest BCUT2D eigenvalue weighted by atomic mass is 15.2. The fourth-order valence-corrected chi connectivity index (χ4v) is 3.62. The molecule has 82 valence electrons. The van der Waals surface area contributed by atoms with Crippen LogP contribution in [0.25, 0.3) is 0 Å². The molecule has 2 heteroatoms. The normalized spacial score (nSPS) is 36.4. The Labute approximate surface area is 87.8 Å². The number of nitrogens with two attached hydrogens (primary N) is 1. The first-order valence-corrected chi connectivity index (χ1v) is 6.21. The van der Waals surface area contributed by atoms with Crippen molar-refractivity contribution < 1.29 is 0 Å². The van der Waals surface area contributed by atoms with Crippen LogP contribution in [-0.4, -0.2) is 30.6 Å². The van der Waals surface area contributed by atoms with Crippen LogP contribution in [0.1, 0.15) is 44.9 Å². The topological polar surface area (TPSA) is 29.3 Å². The van der Waals surface area contributed by atoms with Crippen molar-refractivity contribution in [2.45, 2.75) is 50.5 Å². The van der Waals surface area contributed by atoms with E-state index in [9.17, 15) is 0 Å². The van der Waals surface area contributed by atoms with Gasteiger partial charge in [0.15, 0.2) is 0 Å². The van der Waals surface area contributed by atoms with Gasteiger partial charge in [-0.2, -0.15) is 0 Å². The summed E-state index contributed by atoms with van der Waals surface area (Å²) < 4.78 is 0. The van der Waals surface area contributed by atoms with Gasteiger partial charge in [-0.25, -0.2) is 0 Å². The number of hydrogen-bond acceptors (Lipinski definition) is 2. The minimum atomic E-state index is 0.375. The van der Waals surface area contributed by atoms with Crippen LogP contribution >= 0.6 is 0 Å². The predicted octanol–water partition coefficient (Wildman–Crippen LogP) is 1.99. The monoisotopic (exact) mass is 196 g/mol. The Hall–Kier alpha value is -0.0800. The molecule has 1 aliphatic heterocycles. The molecule has 1 saturated carbocycles. The number of likely N-dealkylation sites (tertiary alicyclic amines) is 1. The summed E-state index contributed by atoms with van der Waals surface area (Å²) in [7, 11) is 2.27. The molecule has 1 unspecified atom stereocenters. The Bertz CT molecular complexity index is 187. The highest BCUT2D eigenvalue weighted by Gasteiger charge is 2.43. The van der Waals surface area contributed by atoms with Gasteiger partial charge in [0.2, 0.25) is 0 Å². The molecule has 1 aliphatic carbocycles. The van der Waals surface area contributed by atoms with E-state index in [1.807, 2.05) is 0 Å². The van der Waals surface area contributed by atoms with Crippen LogP contribution in [0.4, 0.5) is 0 Å². The molecular weight excluding hydrogens is 172 g/mol. The first-order valence-electron chi connectivity index (χ1n) is 6.21. The summed E-state index contributed by atoms with van der Waals surface area (Å²) in [4.78, 5) is 2.54. The molecule has 2 fully saturated rings. The van der Waals surface area contributed by atoms with Gasteiger partial charge in [0.05, 0.1) is 0 Å². The smallest absolute Gasteiger partial charge is 0.0357 e. The van der Waals surface area contributed by atoms with Crippen molar-refractivity contribution in [1.82, 2.24) is 4.90 Å². The SMILES string of the molecule is CN1CCCC1(CN)C1CCCCC1. The van der Waals surface area contributed by atoms with Crippen molar-refractivity contribution in [2.24, 2.45) is 11.7 Å². The van der Waals surface area contributed by atoms with Crippen molar-refractivity contribution in [3.8, 4) is 0 Å². The molecule has 1 saturated heterocycles. The highest BCUT2D eigenvalue weighted by Crippen LogP contribution is 2.41. The van der Waals surface area contributed by atoms with E-state index in [2.05, 4.69) is 11.9 Å². The Kier molecular flexibility index (Phi) is 3.13. The molecule has 2 nitrogen and oxygen atoms in total. The number of likely N-dealkylation sites (N-methyl/N-ethyl adjacent to an activating group) is 1. The van der Waals surface area contributed by atoms with Gasteiger partial charge >= 0.3 is 0 Å². The summed E-state index contributed by atoms with van der Waals surface area (Å²) in [5, 5.41) is 0. The Morgan fingerprint density at radius 1 is 1.21 bits per heavy atom. The summed E-state index contributed by atoms with van der Waals surface area (Å²) in [6.45, 7) is 2.13. The maximum Gasteiger partial charge on any atom is 0.0357 e. The van der Waals surface area contributed by atoms with Crippen LogP contribution in [-0.2, 0) is 0 Å². The van der Waals surface area contributed by atoms with Crippen LogP contribution in [0.2, 0.25) is 0 Å². The third-order valence-electron chi connectivity index (χ3n) is 4.58. The molecule has 0 amide bonds. The summed E-state index contributed by atoms with van der Waals surface area (Å²) >= 11 is 0. The average Bonchev–Trinajstić information content (AvgIpc) is 2.62. The molecule has 0 aromatic rings. The fraction of sp³-hybridized carbons (Fsp3) is 1.00. The van der Waals surface area contributed by atoms with E-state index in [4.69, 9.17) is 5.73 Å². The second-order valence-corrected chi connectivity index (χ2v) is 5.17. The summed E-state index contributed by atoms with van der Waals surface area (Å²) in [6.07, 6.45) is 9.83. The maximum atomic E-state index is 6.05. The Morgan fingerprint density at radius 2 is 1.93 bits per heavy atom. The van der Waals surface area contributed by atoms with Crippen molar-refractivity contribution in [3.05, 3.63) is 0 Å². The van der Waals surface area contributed by atoms with Crippen molar-refractivity contribution in [1.29, 1.82) is 0 Å². The second-order valence-electron chi connectivity index (χ2n) is 5.17. The van der Waals surface area contributed by atoms with Crippen LogP contribution < -0.4 is 5.73 Å². The number of rotatable bonds is 2. The number of nitrogens with zero attached hydrogens (tertiary/aromatic N) is 1. The molecule has 14 heavy (non-hydrogen) atoms. The van der Waals surface area contributed by atoms with Gasteiger partial charge in [0.25, 0.3) is 0 Å². The van der Waals surface area contributed by atoms with Gasteiger partial charge in [-0.1, -0.05) is 19.3 Å². The summed E-state index contributed by atoms with van der Waals surface area (Å²) in [5.74, 6) is 0.883. The lowest BCUT2D eigenvalue weighted by Crippen LogP contribution is -2.53. The zero-order valence-corrected chi connectivity index (χ0v) is 9.47. The zero-order valence-electron chi connectivity index (χ0n) is 9.47. The molecular formula is C12H24N2. The number of hydrogen-bond donors (Lipinski definition) is 1. The summed E-state index contributed by atoms with van der Waals surface area (Å²) in [6, 6.07) is 0. The lowest BCUT2D eigenvalue weighted by molar-refractivity contribution is 0.0787. The molecule has 2 rings (SSSR count). The molecule has 0 aromatic heterocycles. The molecule has 2 N–H and O–H groups in total. The Balaban J connectivity index is 2.09. The average molecular weight is 196 g/mol. The molecule has 1 heterocycles. The highest BCUT2D eigenvalue weighted by molar-refractivity contribution is 5.00. The lowest BCUT2D eigenvalue weighted by atomic mass is 9.73. The van der Waals surface area contributed by atoms with Gasteiger partial charge < -0.3 is 5.73 Å².